The summed E-state index contributed by atoms with van der Waals surface area (Å²) < 4.78 is 40.9. The van der Waals surface area contributed by atoms with E-state index in [0.29, 0.717) is 12.4 Å². The molecule has 0 amide bonds. The average molecular weight is 232 g/mol. The third kappa shape index (κ3) is 3.92. The van der Waals surface area contributed by atoms with E-state index in [1.165, 1.54) is 24.3 Å². The molecular formula is C11H11F3O2. The van der Waals surface area contributed by atoms with Gasteiger partial charge in [0.25, 0.3) is 0 Å². The molecule has 0 aliphatic heterocycles. The standard InChI is InChI=1S/C11H11F3O2/c1-2-16-9-5-3-8(4-6-9)10(15)7-11(12,13)14/h3-6H,2,7H2,1H3. The molecule has 0 atom stereocenters. The quantitative estimate of drug-likeness (QED) is 0.745. The van der Waals surface area contributed by atoms with Gasteiger partial charge in [0.1, 0.15) is 12.2 Å². The van der Waals surface area contributed by atoms with Crippen molar-refractivity contribution in [2.45, 2.75) is 19.5 Å². The van der Waals surface area contributed by atoms with E-state index in [1.54, 1.807) is 6.92 Å². The van der Waals surface area contributed by atoms with Gasteiger partial charge in [-0.1, -0.05) is 0 Å². The van der Waals surface area contributed by atoms with Gasteiger partial charge in [0, 0.05) is 5.56 Å². The number of Topliss-reactive ketones (excluding diaryl/α,β-unsaturated/α-hetero) is 1. The second kappa shape index (κ2) is 5.01. The smallest absolute Gasteiger partial charge is 0.396 e. The first kappa shape index (κ1) is 12.5. The number of alkyl halides is 3. The van der Waals surface area contributed by atoms with Crippen molar-refractivity contribution in [3.05, 3.63) is 29.8 Å². The molecule has 0 aliphatic carbocycles. The van der Waals surface area contributed by atoms with E-state index in [9.17, 15) is 18.0 Å². The van der Waals surface area contributed by atoms with Gasteiger partial charge in [-0.25, -0.2) is 0 Å². The molecule has 0 aliphatic rings. The lowest BCUT2D eigenvalue weighted by molar-refractivity contribution is -0.125. The van der Waals surface area contributed by atoms with Crippen LogP contribution in [0, 0.1) is 0 Å². The van der Waals surface area contributed by atoms with Crippen LogP contribution in [-0.4, -0.2) is 18.6 Å². The Balaban J connectivity index is 2.70. The minimum atomic E-state index is -4.46. The fourth-order valence-corrected chi connectivity index (χ4v) is 1.19. The van der Waals surface area contributed by atoms with Crippen LogP contribution in [0.5, 0.6) is 5.75 Å². The maximum absolute atomic E-state index is 11.9. The van der Waals surface area contributed by atoms with Crippen LogP contribution >= 0.6 is 0 Å². The number of hydrogen-bond acceptors (Lipinski definition) is 2. The Morgan fingerprint density at radius 1 is 1.25 bits per heavy atom. The predicted octanol–water partition coefficient (Wildman–Crippen LogP) is 3.22. The van der Waals surface area contributed by atoms with Crippen LogP contribution in [0.2, 0.25) is 0 Å². The lowest BCUT2D eigenvalue weighted by atomic mass is 10.1. The first-order valence-electron chi connectivity index (χ1n) is 4.75. The Bertz CT molecular complexity index is 354. The molecule has 5 heteroatoms. The lowest BCUT2D eigenvalue weighted by Gasteiger charge is -2.06. The van der Waals surface area contributed by atoms with Crippen molar-refractivity contribution >= 4 is 5.78 Å². The number of ketones is 1. The van der Waals surface area contributed by atoms with E-state index in [0.717, 1.165) is 0 Å². The molecule has 0 fully saturated rings. The molecular weight excluding hydrogens is 221 g/mol. The number of carbonyl (C=O) groups excluding carboxylic acids is 1. The molecule has 0 unspecified atom stereocenters. The minimum absolute atomic E-state index is 0.0424. The van der Waals surface area contributed by atoms with Crippen molar-refractivity contribution in [1.29, 1.82) is 0 Å². The highest BCUT2D eigenvalue weighted by atomic mass is 19.4. The first-order chi connectivity index (χ1) is 7.42. The van der Waals surface area contributed by atoms with Crippen LogP contribution in [0.25, 0.3) is 0 Å². The molecule has 1 rings (SSSR count). The lowest BCUT2D eigenvalue weighted by Crippen LogP contribution is -2.14. The van der Waals surface area contributed by atoms with Gasteiger partial charge in [0.2, 0.25) is 0 Å². The van der Waals surface area contributed by atoms with E-state index in [4.69, 9.17) is 4.74 Å². The van der Waals surface area contributed by atoms with Crippen molar-refractivity contribution in [1.82, 2.24) is 0 Å². The number of benzene rings is 1. The zero-order chi connectivity index (χ0) is 12.2. The topological polar surface area (TPSA) is 26.3 Å². The van der Waals surface area contributed by atoms with Crippen LogP contribution < -0.4 is 4.74 Å². The molecule has 16 heavy (non-hydrogen) atoms. The maximum atomic E-state index is 11.9. The molecule has 88 valence electrons. The Labute approximate surface area is 91.0 Å². The Morgan fingerprint density at radius 3 is 2.25 bits per heavy atom. The summed E-state index contributed by atoms with van der Waals surface area (Å²) in [5.41, 5.74) is 0.0424. The summed E-state index contributed by atoms with van der Waals surface area (Å²) in [6.45, 7) is 2.26. The van der Waals surface area contributed by atoms with E-state index in [1.807, 2.05) is 0 Å². The molecule has 2 nitrogen and oxygen atoms in total. The van der Waals surface area contributed by atoms with Crippen molar-refractivity contribution in [3.8, 4) is 5.75 Å². The number of halogens is 3. The van der Waals surface area contributed by atoms with Crippen molar-refractivity contribution < 1.29 is 22.7 Å². The Kier molecular flexibility index (Phi) is 3.93. The van der Waals surface area contributed by atoms with E-state index in [2.05, 4.69) is 0 Å². The van der Waals surface area contributed by atoms with Gasteiger partial charge >= 0.3 is 6.18 Å². The summed E-state index contributed by atoms with van der Waals surface area (Å²) in [5.74, 6) is -0.401. The maximum Gasteiger partial charge on any atom is 0.396 e. The van der Waals surface area contributed by atoms with Gasteiger partial charge < -0.3 is 4.74 Å². The molecule has 0 spiro atoms. The predicted molar refractivity (Wildman–Crippen MR) is 52.6 cm³/mol. The molecule has 0 bridgehead atoms. The van der Waals surface area contributed by atoms with Crippen LogP contribution in [0.1, 0.15) is 23.7 Å². The van der Waals surface area contributed by atoms with Gasteiger partial charge in [-0.2, -0.15) is 13.2 Å². The molecule has 0 radical (unpaired) electrons. The normalized spacial score (nSPS) is 11.2. The van der Waals surface area contributed by atoms with E-state index in [-0.39, 0.29) is 5.56 Å². The minimum Gasteiger partial charge on any atom is -0.494 e. The van der Waals surface area contributed by atoms with Gasteiger partial charge in [-0.05, 0) is 31.2 Å². The second-order valence-corrected chi connectivity index (χ2v) is 3.17. The fraction of sp³-hybridized carbons (Fsp3) is 0.364. The second-order valence-electron chi connectivity index (χ2n) is 3.17. The summed E-state index contributed by atoms with van der Waals surface area (Å²) in [7, 11) is 0. The van der Waals surface area contributed by atoms with Crippen molar-refractivity contribution in [3.63, 3.8) is 0 Å². The van der Waals surface area contributed by atoms with Crippen molar-refractivity contribution in [2.75, 3.05) is 6.61 Å². The molecule has 0 heterocycles. The molecule has 0 aromatic heterocycles. The van der Waals surface area contributed by atoms with Gasteiger partial charge in [-0.3, -0.25) is 4.79 Å². The summed E-state index contributed by atoms with van der Waals surface area (Å²) in [6, 6.07) is 5.62. The highest BCUT2D eigenvalue weighted by Crippen LogP contribution is 2.23. The number of rotatable bonds is 4. The highest BCUT2D eigenvalue weighted by Gasteiger charge is 2.31. The van der Waals surface area contributed by atoms with Gasteiger partial charge in [0.15, 0.2) is 5.78 Å². The third-order valence-electron chi connectivity index (χ3n) is 1.85. The summed E-state index contributed by atoms with van der Waals surface area (Å²) in [6.07, 6.45) is -5.89. The molecule has 1 aromatic carbocycles. The number of hydrogen-bond donors (Lipinski definition) is 0. The van der Waals surface area contributed by atoms with Crippen molar-refractivity contribution in [2.24, 2.45) is 0 Å². The molecule has 0 saturated carbocycles. The molecule has 1 aromatic rings. The zero-order valence-electron chi connectivity index (χ0n) is 8.67. The van der Waals surface area contributed by atoms with Crippen LogP contribution in [0.3, 0.4) is 0 Å². The Morgan fingerprint density at radius 2 is 1.81 bits per heavy atom. The largest absolute Gasteiger partial charge is 0.494 e. The first-order valence-corrected chi connectivity index (χ1v) is 4.75. The van der Waals surface area contributed by atoms with E-state index >= 15 is 0 Å². The summed E-state index contributed by atoms with van der Waals surface area (Å²) in [5, 5.41) is 0. The fourth-order valence-electron chi connectivity index (χ4n) is 1.19. The van der Waals surface area contributed by atoms with Crippen LogP contribution in [0.4, 0.5) is 13.2 Å². The summed E-state index contributed by atoms with van der Waals surface area (Å²) >= 11 is 0. The SMILES string of the molecule is CCOc1ccc(C(=O)CC(F)(F)F)cc1. The van der Waals surface area contributed by atoms with Gasteiger partial charge in [0.05, 0.1) is 6.61 Å². The average Bonchev–Trinajstić information content (AvgIpc) is 2.16. The highest BCUT2D eigenvalue weighted by molar-refractivity contribution is 5.96. The number of carbonyl (C=O) groups is 1. The Hall–Kier alpha value is -1.52. The molecule has 0 N–H and O–H groups in total. The van der Waals surface area contributed by atoms with Crippen LogP contribution in [0.15, 0.2) is 24.3 Å². The zero-order valence-corrected chi connectivity index (χ0v) is 8.67. The summed E-state index contributed by atoms with van der Waals surface area (Å²) in [4.78, 5) is 11.2. The third-order valence-corrected chi connectivity index (χ3v) is 1.85. The molecule has 0 saturated heterocycles. The van der Waals surface area contributed by atoms with E-state index < -0.39 is 18.4 Å². The van der Waals surface area contributed by atoms with Crippen LogP contribution in [-0.2, 0) is 0 Å². The number of ether oxygens (including phenoxy) is 1. The van der Waals surface area contributed by atoms with Gasteiger partial charge in [-0.15, -0.1) is 0 Å². The monoisotopic (exact) mass is 232 g/mol.